The topological polar surface area (TPSA) is 62.2 Å². The molecular formula is C14H16N2O2S. The summed E-state index contributed by atoms with van der Waals surface area (Å²) in [5.74, 6) is -0.200. The molecule has 1 aromatic heterocycles. The number of aromatic nitrogens is 1. The van der Waals surface area contributed by atoms with Gasteiger partial charge in [-0.25, -0.2) is 4.98 Å². The zero-order valence-corrected chi connectivity index (χ0v) is 11.4. The van der Waals surface area contributed by atoms with Crippen LogP contribution in [0, 0.1) is 0 Å². The van der Waals surface area contributed by atoms with E-state index in [2.05, 4.69) is 10.3 Å². The Labute approximate surface area is 116 Å². The van der Waals surface area contributed by atoms with Crippen molar-refractivity contribution in [3.05, 3.63) is 52.5 Å². The van der Waals surface area contributed by atoms with Gasteiger partial charge in [0.2, 0.25) is 0 Å². The summed E-state index contributed by atoms with van der Waals surface area (Å²) >= 11 is 1.38. The highest BCUT2D eigenvalue weighted by Crippen LogP contribution is 2.17. The van der Waals surface area contributed by atoms with Crippen LogP contribution in [0.4, 0.5) is 0 Å². The van der Waals surface area contributed by atoms with Crippen molar-refractivity contribution in [2.75, 3.05) is 0 Å². The lowest BCUT2D eigenvalue weighted by Crippen LogP contribution is -2.33. The number of aliphatic hydroxyl groups excluding tert-OH is 1. The zero-order chi connectivity index (χ0) is 13.7. The minimum atomic E-state index is -0.577. The lowest BCUT2D eigenvalue weighted by Gasteiger charge is -2.17. The fourth-order valence-corrected chi connectivity index (χ4v) is 2.36. The van der Waals surface area contributed by atoms with Gasteiger partial charge in [0, 0.05) is 11.4 Å². The van der Waals surface area contributed by atoms with Gasteiger partial charge in [-0.15, -0.1) is 11.3 Å². The number of aliphatic hydroxyl groups is 1. The van der Waals surface area contributed by atoms with Crippen LogP contribution in [0.2, 0.25) is 0 Å². The third-order valence-corrected chi connectivity index (χ3v) is 3.39. The predicted molar refractivity (Wildman–Crippen MR) is 75.1 cm³/mol. The Hall–Kier alpha value is -1.72. The molecule has 0 saturated heterocycles. The summed E-state index contributed by atoms with van der Waals surface area (Å²) in [5, 5.41) is 14.6. The summed E-state index contributed by atoms with van der Waals surface area (Å²) in [6, 6.07) is 9.31. The molecular weight excluding hydrogens is 260 g/mol. The van der Waals surface area contributed by atoms with Crippen molar-refractivity contribution in [1.82, 2.24) is 10.3 Å². The van der Waals surface area contributed by atoms with E-state index in [9.17, 15) is 9.90 Å². The maximum atomic E-state index is 11.8. The molecule has 0 saturated carbocycles. The van der Waals surface area contributed by atoms with Crippen molar-refractivity contribution in [3.63, 3.8) is 0 Å². The van der Waals surface area contributed by atoms with Gasteiger partial charge >= 0.3 is 0 Å². The van der Waals surface area contributed by atoms with Crippen LogP contribution in [0.3, 0.4) is 0 Å². The molecule has 2 aromatic rings. The van der Waals surface area contributed by atoms with Crippen LogP contribution in [0.25, 0.3) is 0 Å². The van der Waals surface area contributed by atoms with E-state index in [0.29, 0.717) is 12.1 Å². The Morgan fingerprint density at radius 3 is 2.79 bits per heavy atom. The monoisotopic (exact) mass is 276 g/mol. The molecule has 1 aromatic carbocycles. The highest BCUT2D eigenvalue weighted by atomic mass is 32.1. The molecule has 100 valence electrons. The first kappa shape index (κ1) is 13.7. The maximum absolute atomic E-state index is 11.8. The summed E-state index contributed by atoms with van der Waals surface area (Å²) in [5.41, 5.74) is 2.90. The van der Waals surface area contributed by atoms with Crippen LogP contribution in [-0.4, -0.2) is 22.0 Å². The fraction of sp³-hybridized carbons (Fsp3) is 0.286. The third kappa shape index (κ3) is 3.87. The van der Waals surface area contributed by atoms with E-state index in [0.717, 1.165) is 5.56 Å². The second-order valence-electron chi connectivity index (χ2n) is 4.41. The first-order valence-electron chi connectivity index (χ1n) is 6.09. The molecule has 5 heteroatoms. The van der Waals surface area contributed by atoms with Crippen molar-refractivity contribution in [1.29, 1.82) is 0 Å². The first-order chi connectivity index (χ1) is 9.16. The number of carbonyl (C=O) groups excluding carboxylic acids is 1. The lowest BCUT2D eigenvalue weighted by atomic mass is 10.0. The fourth-order valence-electron chi connectivity index (χ4n) is 1.83. The van der Waals surface area contributed by atoms with Crippen molar-refractivity contribution < 1.29 is 9.90 Å². The summed E-state index contributed by atoms with van der Waals surface area (Å²) in [4.78, 5) is 15.7. The standard InChI is InChI=1S/C14H16N2O2S/c1-10(16-14(18)12-8-19-9-15-12)7-13(17)11-5-3-2-4-6-11/h2-6,8-10,13,17H,7H2,1H3,(H,16,18)/t10-,13-/m0/s1. The molecule has 2 rings (SSSR count). The number of amides is 1. The van der Waals surface area contributed by atoms with Crippen molar-refractivity contribution in [3.8, 4) is 0 Å². The van der Waals surface area contributed by atoms with Gasteiger partial charge in [-0.2, -0.15) is 0 Å². The van der Waals surface area contributed by atoms with E-state index in [4.69, 9.17) is 0 Å². The van der Waals surface area contributed by atoms with Crippen LogP contribution in [0.15, 0.2) is 41.2 Å². The zero-order valence-electron chi connectivity index (χ0n) is 10.6. The van der Waals surface area contributed by atoms with Crippen molar-refractivity contribution >= 4 is 17.2 Å². The largest absolute Gasteiger partial charge is 0.388 e. The molecule has 0 unspecified atom stereocenters. The van der Waals surface area contributed by atoms with Crippen LogP contribution in [0.1, 0.15) is 35.5 Å². The maximum Gasteiger partial charge on any atom is 0.270 e. The highest BCUT2D eigenvalue weighted by molar-refractivity contribution is 7.07. The van der Waals surface area contributed by atoms with Crippen LogP contribution < -0.4 is 5.32 Å². The number of hydrogen-bond donors (Lipinski definition) is 2. The molecule has 0 fully saturated rings. The van der Waals surface area contributed by atoms with Gasteiger partial charge in [0.25, 0.3) is 5.91 Å². The van der Waals surface area contributed by atoms with Gasteiger partial charge in [0.05, 0.1) is 11.6 Å². The Morgan fingerprint density at radius 1 is 1.42 bits per heavy atom. The van der Waals surface area contributed by atoms with E-state index in [1.54, 1.807) is 10.9 Å². The minimum absolute atomic E-state index is 0.121. The molecule has 0 aliphatic heterocycles. The van der Waals surface area contributed by atoms with E-state index >= 15 is 0 Å². The molecule has 0 aliphatic rings. The minimum Gasteiger partial charge on any atom is -0.388 e. The molecule has 1 amide bonds. The summed E-state index contributed by atoms with van der Waals surface area (Å²) in [6.07, 6.45) is -0.105. The Morgan fingerprint density at radius 2 is 2.16 bits per heavy atom. The molecule has 2 atom stereocenters. The predicted octanol–water partition coefficient (Wildman–Crippen LogP) is 2.39. The Balaban J connectivity index is 1.88. The second kappa shape index (κ2) is 6.45. The molecule has 0 spiro atoms. The third-order valence-electron chi connectivity index (χ3n) is 2.80. The van der Waals surface area contributed by atoms with Gasteiger partial charge in [-0.3, -0.25) is 4.79 Å². The van der Waals surface area contributed by atoms with E-state index < -0.39 is 6.10 Å². The first-order valence-corrected chi connectivity index (χ1v) is 7.03. The molecule has 19 heavy (non-hydrogen) atoms. The number of rotatable bonds is 5. The van der Waals surface area contributed by atoms with Crippen molar-refractivity contribution in [2.24, 2.45) is 0 Å². The van der Waals surface area contributed by atoms with E-state index in [1.165, 1.54) is 11.3 Å². The average molecular weight is 276 g/mol. The van der Waals surface area contributed by atoms with Gasteiger partial charge in [-0.05, 0) is 18.9 Å². The second-order valence-corrected chi connectivity index (χ2v) is 5.13. The number of nitrogens with one attached hydrogen (secondary N) is 1. The smallest absolute Gasteiger partial charge is 0.270 e. The van der Waals surface area contributed by atoms with Gasteiger partial charge in [0.15, 0.2) is 0 Å². The Kier molecular flexibility index (Phi) is 4.65. The van der Waals surface area contributed by atoms with Gasteiger partial charge in [0.1, 0.15) is 5.69 Å². The van der Waals surface area contributed by atoms with Crippen LogP contribution in [-0.2, 0) is 0 Å². The number of nitrogens with zero attached hydrogens (tertiary/aromatic N) is 1. The molecule has 0 aliphatic carbocycles. The normalized spacial score (nSPS) is 13.8. The highest BCUT2D eigenvalue weighted by Gasteiger charge is 2.15. The molecule has 0 radical (unpaired) electrons. The number of thiazole rings is 1. The van der Waals surface area contributed by atoms with Gasteiger partial charge in [-0.1, -0.05) is 30.3 Å². The number of carbonyl (C=O) groups is 1. The van der Waals surface area contributed by atoms with Crippen molar-refractivity contribution in [2.45, 2.75) is 25.5 Å². The molecule has 2 N–H and O–H groups in total. The summed E-state index contributed by atoms with van der Waals surface area (Å²) in [6.45, 7) is 1.87. The van der Waals surface area contributed by atoms with E-state index in [1.807, 2.05) is 37.3 Å². The lowest BCUT2D eigenvalue weighted by molar-refractivity contribution is 0.0912. The quantitative estimate of drug-likeness (QED) is 0.881. The molecule has 0 bridgehead atoms. The van der Waals surface area contributed by atoms with Crippen LogP contribution in [0.5, 0.6) is 0 Å². The number of hydrogen-bond acceptors (Lipinski definition) is 4. The van der Waals surface area contributed by atoms with Crippen LogP contribution >= 0.6 is 11.3 Å². The summed E-state index contributed by atoms with van der Waals surface area (Å²) < 4.78 is 0. The molecule has 1 heterocycles. The average Bonchev–Trinajstić information content (AvgIpc) is 2.93. The SMILES string of the molecule is C[C@@H](C[C@H](O)c1ccccc1)NC(=O)c1cscn1. The number of benzene rings is 1. The molecule has 4 nitrogen and oxygen atoms in total. The van der Waals surface area contributed by atoms with Gasteiger partial charge < -0.3 is 10.4 Å². The van der Waals surface area contributed by atoms with E-state index in [-0.39, 0.29) is 11.9 Å². The summed E-state index contributed by atoms with van der Waals surface area (Å²) in [7, 11) is 0. The Bertz CT molecular complexity index is 514.